The summed E-state index contributed by atoms with van der Waals surface area (Å²) in [6.07, 6.45) is -4.69. The van der Waals surface area contributed by atoms with E-state index in [1.165, 1.54) is 12.1 Å². The molecule has 2 aromatic rings. The molecule has 0 saturated heterocycles. The van der Waals surface area contributed by atoms with Crippen molar-refractivity contribution in [2.45, 2.75) is 12.4 Å². The van der Waals surface area contributed by atoms with Crippen molar-refractivity contribution in [1.29, 1.82) is 0 Å². The van der Waals surface area contributed by atoms with Crippen LogP contribution in [-0.2, 0) is 0 Å². The van der Waals surface area contributed by atoms with E-state index >= 15 is 0 Å². The first kappa shape index (κ1) is 15.7. The van der Waals surface area contributed by atoms with E-state index in [-0.39, 0.29) is 11.8 Å². The maximum absolute atomic E-state index is 12.1. The summed E-state index contributed by atoms with van der Waals surface area (Å²) in [5.74, 6) is -0.250. The smallest absolute Gasteiger partial charge is 0.406 e. The van der Waals surface area contributed by atoms with Crippen molar-refractivity contribution in [2.24, 2.45) is 0 Å². The summed E-state index contributed by atoms with van der Waals surface area (Å²) in [7, 11) is 1.76. The monoisotopic (exact) mass is 315 g/mol. The van der Waals surface area contributed by atoms with Crippen LogP contribution in [0.4, 0.5) is 13.2 Å². The molecule has 1 atom stereocenters. The molecule has 2 aromatic carbocycles. The normalized spacial score (nSPS) is 13.0. The van der Waals surface area contributed by atoms with Crippen LogP contribution in [0.1, 0.15) is 17.2 Å². The Hall–Kier alpha value is -1.72. The lowest BCUT2D eigenvalue weighted by molar-refractivity contribution is -0.274. The summed E-state index contributed by atoms with van der Waals surface area (Å²) in [6, 6.07) is 12.8. The number of hydrogen-bond donors (Lipinski definition) is 1. The number of hydrogen-bond acceptors (Lipinski definition) is 2. The van der Waals surface area contributed by atoms with Gasteiger partial charge in [-0.15, -0.1) is 13.2 Å². The Labute approximate surface area is 125 Å². The number of halogens is 4. The van der Waals surface area contributed by atoms with Crippen LogP contribution < -0.4 is 10.1 Å². The summed E-state index contributed by atoms with van der Waals surface area (Å²) >= 11 is 6.15. The van der Waals surface area contributed by atoms with Gasteiger partial charge in [-0.1, -0.05) is 41.9 Å². The van der Waals surface area contributed by atoms with Gasteiger partial charge in [0.2, 0.25) is 0 Å². The van der Waals surface area contributed by atoms with Crippen LogP contribution in [-0.4, -0.2) is 13.4 Å². The van der Waals surface area contributed by atoms with Crippen molar-refractivity contribution < 1.29 is 17.9 Å². The van der Waals surface area contributed by atoms with Crippen LogP contribution in [0, 0.1) is 0 Å². The highest BCUT2D eigenvalue weighted by atomic mass is 35.5. The van der Waals surface area contributed by atoms with Crippen LogP contribution >= 0.6 is 11.6 Å². The van der Waals surface area contributed by atoms with Crippen molar-refractivity contribution in [3.63, 3.8) is 0 Å². The van der Waals surface area contributed by atoms with Gasteiger partial charge in [0.25, 0.3) is 0 Å². The summed E-state index contributed by atoms with van der Waals surface area (Å²) in [6.45, 7) is 0. The lowest BCUT2D eigenvalue weighted by Gasteiger charge is -2.19. The summed E-state index contributed by atoms with van der Waals surface area (Å²) in [5, 5.41) is 3.69. The lowest BCUT2D eigenvalue weighted by atomic mass is 9.99. The maximum atomic E-state index is 12.1. The van der Waals surface area contributed by atoms with E-state index in [4.69, 9.17) is 11.6 Å². The average Bonchev–Trinajstić information content (AvgIpc) is 2.42. The molecular formula is C15H13ClF3NO. The number of alkyl halides is 3. The Kier molecular flexibility index (Phi) is 4.75. The first-order valence-electron chi connectivity index (χ1n) is 6.18. The zero-order valence-corrected chi connectivity index (χ0v) is 11.9. The molecule has 0 bridgehead atoms. The Morgan fingerprint density at radius 1 is 1.05 bits per heavy atom. The second kappa shape index (κ2) is 6.37. The third kappa shape index (κ3) is 4.12. The number of ether oxygens (including phenoxy) is 1. The second-order valence-electron chi connectivity index (χ2n) is 4.36. The van der Waals surface area contributed by atoms with Crippen molar-refractivity contribution in [3.8, 4) is 5.75 Å². The summed E-state index contributed by atoms with van der Waals surface area (Å²) in [5.41, 5.74) is 1.64. The average molecular weight is 316 g/mol. The van der Waals surface area contributed by atoms with Crippen LogP contribution in [0.3, 0.4) is 0 Å². The standard InChI is InChI=1S/C15H13ClF3NO/c1-20-14(12-4-2-3-5-13(12)16)10-6-8-11(9-7-10)21-15(17,18)19/h2-9,14,20H,1H3. The van der Waals surface area contributed by atoms with E-state index < -0.39 is 6.36 Å². The predicted molar refractivity (Wildman–Crippen MR) is 75.5 cm³/mol. The van der Waals surface area contributed by atoms with E-state index in [2.05, 4.69) is 10.1 Å². The fourth-order valence-corrected chi connectivity index (χ4v) is 2.32. The van der Waals surface area contributed by atoms with Gasteiger partial charge in [0, 0.05) is 5.02 Å². The first-order chi connectivity index (χ1) is 9.90. The van der Waals surface area contributed by atoms with Crippen LogP contribution in [0.15, 0.2) is 48.5 Å². The van der Waals surface area contributed by atoms with Crippen molar-refractivity contribution >= 4 is 11.6 Å². The minimum atomic E-state index is -4.69. The molecule has 0 aliphatic carbocycles. The van der Waals surface area contributed by atoms with Gasteiger partial charge < -0.3 is 10.1 Å². The van der Waals surface area contributed by atoms with Gasteiger partial charge in [0.05, 0.1) is 6.04 Å². The Balaban J connectivity index is 2.26. The zero-order chi connectivity index (χ0) is 15.5. The molecule has 0 aromatic heterocycles. The molecule has 2 rings (SSSR count). The highest BCUT2D eigenvalue weighted by molar-refractivity contribution is 6.31. The molecule has 0 fully saturated rings. The lowest BCUT2D eigenvalue weighted by Crippen LogP contribution is -2.19. The van der Waals surface area contributed by atoms with E-state index in [0.717, 1.165) is 11.1 Å². The molecule has 0 aliphatic rings. The Morgan fingerprint density at radius 2 is 1.67 bits per heavy atom. The molecule has 21 heavy (non-hydrogen) atoms. The molecule has 0 saturated carbocycles. The maximum Gasteiger partial charge on any atom is 0.573 e. The van der Waals surface area contributed by atoms with Crippen molar-refractivity contribution in [1.82, 2.24) is 5.32 Å². The third-order valence-corrected chi connectivity index (χ3v) is 3.30. The second-order valence-corrected chi connectivity index (χ2v) is 4.77. The molecule has 0 amide bonds. The minimum absolute atomic E-state index is 0.210. The van der Waals surface area contributed by atoms with E-state index in [1.807, 2.05) is 18.2 Å². The third-order valence-electron chi connectivity index (χ3n) is 2.95. The van der Waals surface area contributed by atoms with E-state index in [9.17, 15) is 13.2 Å². The molecule has 6 heteroatoms. The van der Waals surface area contributed by atoms with Gasteiger partial charge in [0.1, 0.15) is 5.75 Å². The van der Waals surface area contributed by atoms with Crippen molar-refractivity contribution in [3.05, 3.63) is 64.7 Å². The molecule has 2 nitrogen and oxygen atoms in total. The molecule has 1 N–H and O–H groups in total. The largest absolute Gasteiger partial charge is 0.573 e. The Bertz CT molecular complexity index is 599. The predicted octanol–water partition coefficient (Wildman–Crippen LogP) is 4.55. The van der Waals surface area contributed by atoms with Gasteiger partial charge in [-0.2, -0.15) is 0 Å². The van der Waals surface area contributed by atoms with E-state index in [0.29, 0.717) is 5.02 Å². The molecule has 1 unspecified atom stereocenters. The van der Waals surface area contributed by atoms with Crippen LogP contribution in [0.25, 0.3) is 0 Å². The highest BCUT2D eigenvalue weighted by Gasteiger charge is 2.31. The number of nitrogens with one attached hydrogen (secondary N) is 1. The highest BCUT2D eigenvalue weighted by Crippen LogP contribution is 2.30. The van der Waals surface area contributed by atoms with Gasteiger partial charge in [-0.3, -0.25) is 0 Å². The van der Waals surface area contributed by atoms with Crippen LogP contribution in [0.5, 0.6) is 5.75 Å². The molecule has 0 heterocycles. The van der Waals surface area contributed by atoms with Gasteiger partial charge in [-0.25, -0.2) is 0 Å². The van der Waals surface area contributed by atoms with Gasteiger partial charge >= 0.3 is 6.36 Å². The quantitative estimate of drug-likeness (QED) is 0.894. The Morgan fingerprint density at radius 3 is 2.19 bits per heavy atom. The summed E-state index contributed by atoms with van der Waals surface area (Å²) < 4.78 is 40.3. The molecule has 0 radical (unpaired) electrons. The van der Waals surface area contributed by atoms with Gasteiger partial charge in [0.15, 0.2) is 0 Å². The molecule has 0 spiro atoms. The van der Waals surface area contributed by atoms with E-state index in [1.54, 1.807) is 25.2 Å². The minimum Gasteiger partial charge on any atom is -0.406 e. The van der Waals surface area contributed by atoms with Crippen LogP contribution in [0.2, 0.25) is 5.02 Å². The number of rotatable bonds is 4. The number of benzene rings is 2. The SMILES string of the molecule is CNC(c1ccc(OC(F)(F)F)cc1)c1ccccc1Cl. The van der Waals surface area contributed by atoms with Crippen molar-refractivity contribution in [2.75, 3.05) is 7.05 Å². The summed E-state index contributed by atoms with van der Waals surface area (Å²) in [4.78, 5) is 0. The fraction of sp³-hybridized carbons (Fsp3) is 0.200. The molecule has 112 valence electrons. The molecular weight excluding hydrogens is 303 g/mol. The fourth-order valence-electron chi connectivity index (χ4n) is 2.07. The first-order valence-corrected chi connectivity index (χ1v) is 6.56. The van der Waals surface area contributed by atoms with Gasteiger partial charge in [-0.05, 0) is 36.4 Å². The topological polar surface area (TPSA) is 21.3 Å². The molecule has 0 aliphatic heterocycles. The zero-order valence-electron chi connectivity index (χ0n) is 11.1.